The summed E-state index contributed by atoms with van der Waals surface area (Å²) in [4.78, 5) is 15.1. The van der Waals surface area contributed by atoms with E-state index in [9.17, 15) is 9.90 Å². The van der Waals surface area contributed by atoms with E-state index in [0.717, 1.165) is 22.0 Å². The zero-order valence-electron chi connectivity index (χ0n) is 15.4. The number of nitrogens with one attached hydrogen (secondary N) is 2. The maximum atomic E-state index is 12.2. The first-order valence-corrected chi connectivity index (χ1v) is 9.20. The maximum absolute atomic E-state index is 12.2. The van der Waals surface area contributed by atoms with E-state index in [0.29, 0.717) is 29.4 Å². The van der Waals surface area contributed by atoms with E-state index < -0.39 is 6.10 Å². The van der Waals surface area contributed by atoms with Gasteiger partial charge in [0.1, 0.15) is 18.5 Å². The minimum absolute atomic E-state index is 0.124. The summed E-state index contributed by atoms with van der Waals surface area (Å²) in [6.07, 6.45) is -0.692. The van der Waals surface area contributed by atoms with Gasteiger partial charge in [-0.15, -0.1) is 0 Å². The molecule has 5 nitrogen and oxygen atoms in total. The highest BCUT2D eigenvalue weighted by molar-refractivity contribution is 6.31. The van der Waals surface area contributed by atoms with Gasteiger partial charge in [-0.2, -0.15) is 0 Å². The quantitative estimate of drug-likeness (QED) is 0.582. The monoisotopic (exact) mass is 386 g/mol. The number of aromatic amines is 1. The summed E-state index contributed by atoms with van der Waals surface area (Å²) in [5.74, 6) is 0.664. The number of aliphatic hydroxyl groups excluding tert-OH is 1. The molecule has 0 saturated carbocycles. The number of hydrogen-bond donors (Lipinski definition) is 3. The van der Waals surface area contributed by atoms with Gasteiger partial charge >= 0.3 is 0 Å². The highest BCUT2D eigenvalue weighted by atomic mass is 35.5. The number of hydrogen-bond acceptors (Lipinski definition) is 4. The number of aliphatic hydroxyl groups is 1. The number of pyridine rings is 1. The summed E-state index contributed by atoms with van der Waals surface area (Å²) in [5, 5.41) is 14.9. The Bertz CT molecular complexity index is 1000. The second-order valence-corrected chi connectivity index (χ2v) is 7.13. The molecule has 0 aliphatic heterocycles. The van der Waals surface area contributed by atoms with E-state index in [1.807, 2.05) is 44.2 Å². The third kappa shape index (κ3) is 5.10. The van der Waals surface area contributed by atoms with Gasteiger partial charge in [0.15, 0.2) is 0 Å². The highest BCUT2D eigenvalue weighted by Gasteiger charge is 2.08. The first kappa shape index (κ1) is 19.4. The first-order chi connectivity index (χ1) is 12.9. The minimum atomic E-state index is -0.692. The fourth-order valence-corrected chi connectivity index (χ4v) is 2.95. The molecule has 3 aromatic rings. The number of rotatable bonds is 7. The molecular weight excluding hydrogens is 364 g/mol. The normalized spacial score (nSPS) is 12.3. The van der Waals surface area contributed by atoms with E-state index in [4.69, 9.17) is 16.3 Å². The molecular formula is C21H23ClN2O3. The number of aryl methyl sites for hydroxylation is 2. The molecule has 0 aliphatic rings. The van der Waals surface area contributed by atoms with Crippen molar-refractivity contribution < 1.29 is 9.84 Å². The van der Waals surface area contributed by atoms with Crippen molar-refractivity contribution in [3.05, 3.63) is 74.5 Å². The van der Waals surface area contributed by atoms with Crippen LogP contribution in [0, 0.1) is 13.8 Å². The molecule has 1 unspecified atom stereocenters. The van der Waals surface area contributed by atoms with Crippen LogP contribution in [-0.4, -0.2) is 29.3 Å². The summed E-state index contributed by atoms with van der Waals surface area (Å²) < 4.78 is 5.58. The van der Waals surface area contributed by atoms with Crippen molar-refractivity contribution in [1.29, 1.82) is 0 Å². The zero-order valence-corrected chi connectivity index (χ0v) is 16.1. The number of halogens is 1. The number of H-pyrrole nitrogens is 1. The van der Waals surface area contributed by atoms with Crippen molar-refractivity contribution >= 4 is 22.5 Å². The van der Waals surface area contributed by atoms with Crippen molar-refractivity contribution in [3.63, 3.8) is 0 Å². The molecule has 2 aromatic carbocycles. The van der Waals surface area contributed by atoms with Gasteiger partial charge in [-0.1, -0.05) is 23.2 Å². The van der Waals surface area contributed by atoms with Gasteiger partial charge in [0.05, 0.1) is 0 Å². The molecule has 0 radical (unpaired) electrons. The van der Waals surface area contributed by atoms with Gasteiger partial charge < -0.3 is 20.1 Å². The molecule has 0 saturated heterocycles. The third-order valence-electron chi connectivity index (χ3n) is 4.34. The molecule has 0 spiro atoms. The Labute approximate surface area is 163 Å². The predicted molar refractivity (Wildman–Crippen MR) is 109 cm³/mol. The number of benzene rings is 2. The Kier molecular flexibility index (Phi) is 6.16. The molecule has 1 aromatic heterocycles. The summed E-state index contributed by atoms with van der Waals surface area (Å²) in [7, 11) is 0. The summed E-state index contributed by atoms with van der Waals surface area (Å²) in [6.45, 7) is 4.76. The lowest BCUT2D eigenvalue weighted by molar-refractivity contribution is 0.106. The zero-order chi connectivity index (χ0) is 19.4. The lowest BCUT2D eigenvalue weighted by Crippen LogP contribution is -2.32. The first-order valence-electron chi connectivity index (χ1n) is 8.82. The van der Waals surface area contributed by atoms with Gasteiger partial charge in [-0.3, -0.25) is 4.79 Å². The van der Waals surface area contributed by atoms with Crippen molar-refractivity contribution in [2.75, 3.05) is 13.2 Å². The topological polar surface area (TPSA) is 74.4 Å². The average Bonchev–Trinajstić information content (AvgIpc) is 2.63. The van der Waals surface area contributed by atoms with Gasteiger partial charge in [-0.05, 0) is 61.2 Å². The van der Waals surface area contributed by atoms with E-state index >= 15 is 0 Å². The Morgan fingerprint density at radius 3 is 2.78 bits per heavy atom. The summed E-state index contributed by atoms with van der Waals surface area (Å²) in [5.41, 5.74) is 3.39. The number of ether oxygens (including phenoxy) is 1. The van der Waals surface area contributed by atoms with Gasteiger partial charge in [0.25, 0.3) is 5.56 Å². The molecule has 27 heavy (non-hydrogen) atoms. The SMILES string of the molecule is Cc1ccc2[nH]c(=O)c(CNCC(O)COc3ccc(Cl)c(C)c3)cc2c1. The molecule has 6 heteroatoms. The average molecular weight is 387 g/mol. The van der Waals surface area contributed by atoms with E-state index in [1.54, 1.807) is 12.1 Å². The minimum Gasteiger partial charge on any atom is -0.491 e. The van der Waals surface area contributed by atoms with Crippen LogP contribution in [0.1, 0.15) is 16.7 Å². The highest BCUT2D eigenvalue weighted by Crippen LogP contribution is 2.21. The van der Waals surface area contributed by atoms with Crippen LogP contribution in [0.3, 0.4) is 0 Å². The van der Waals surface area contributed by atoms with E-state index in [1.165, 1.54) is 0 Å². The van der Waals surface area contributed by atoms with Gasteiger partial charge in [0, 0.05) is 29.2 Å². The molecule has 0 bridgehead atoms. The largest absolute Gasteiger partial charge is 0.491 e. The van der Waals surface area contributed by atoms with E-state index in [2.05, 4.69) is 10.3 Å². The Balaban J connectivity index is 1.53. The van der Waals surface area contributed by atoms with Crippen molar-refractivity contribution in [2.24, 2.45) is 0 Å². The van der Waals surface area contributed by atoms with Crippen LogP contribution in [0.25, 0.3) is 10.9 Å². The van der Waals surface area contributed by atoms with Crippen LogP contribution >= 0.6 is 11.6 Å². The predicted octanol–water partition coefficient (Wildman–Crippen LogP) is 3.33. The van der Waals surface area contributed by atoms with Crippen LogP contribution in [0.4, 0.5) is 0 Å². The second kappa shape index (κ2) is 8.57. The van der Waals surface area contributed by atoms with E-state index in [-0.39, 0.29) is 12.2 Å². The van der Waals surface area contributed by atoms with Crippen LogP contribution in [0.2, 0.25) is 5.02 Å². The van der Waals surface area contributed by atoms with Crippen LogP contribution < -0.4 is 15.6 Å². The molecule has 3 N–H and O–H groups in total. The second-order valence-electron chi connectivity index (χ2n) is 6.72. The van der Waals surface area contributed by atoms with Crippen molar-refractivity contribution in [1.82, 2.24) is 10.3 Å². The lowest BCUT2D eigenvalue weighted by Gasteiger charge is -2.14. The smallest absolute Gasteiger partial charge is 0.252 e. The lowest BCUT2D eigenvalue weighted by atomic mass is 10.1. The molecule has 0 amide bonds. The number of aromatic nitrogens is 1. The third-order valence-corrected chi connectivity index (χ3v) is 4.77. The van der Waals surface area contributed by atoms with Crippen molar-refractivity contribution in [2.45, 2.75) is 26.5 Å². The Morgan fingerprint density at radius 2 is 2.00 bits per heavy atom. The van der Waals surface area contributed by atoms with Gasteiger partial charge in [0.2, 0.25) is 0 Å². The van der Waals surface area contributed by atoms with Gasteiger partial charge in [-0.25, -0.2) is 0 Å². The van der Waals surface area contributed by atoms with Crippen LogP contribution in [0.15, 0.2) is 47.3 Å². The molecule has 1 heterocycles. The van der Waals surface area contributed by atoms with Crippen LogP contribution in [-0.2, 0) is 6.54 Å². The molecule has 0 aliphatic carbocycles. The molecule has 0 fully saturated rings. The standard InChI is InChI=1S/C21H23ClN2O3/c1-13-3-6-20-15(7-13)9-16(21(26)24-20)10-23-11-17(25)12-27-18-4-5-19(22)14(2)8-18/h3-9,17,23,25H,10-12H2,1-2H3,(H,24,26). The fourth-order valence-electron chi connectivity index (χ4n) is 2.83. The molecule has 3 rings (SSSR count). The van der Waals surface area contributed by atoms with Crippen molar-refractivity contribution in [3.8, 4) is 5.75 Å². The number of fused-ring (bicyclic) bond motifs is 1. The summed E-state index contributed by atoms with van der Waals surface area (Å²) in [6, 6.07) is 13.2. The Hall–Kier alpha value is -2.34. The molecule has 142 valence electrons. The maximum Gasteiger partial charge on any atom is 0.252 e. The Morgan fingerprint density at radius 1 is 1.19 bits per heavy atom. The summed E-state index contributed by atoms with van der Waals surface area (Å²) >= 11 is 5.98. The van der Waals surface area contributed by atoms with Crippen LogP contribution in [0.5, 0.6) is 5.75 Å². The molecule has 1 atom stereocenters. The fraction of sp³-hybridized carbons (Fsp3) is 0.286.